The van der Waals surface area contributed by atoms with Crippen molar-refractivity contribution in [1.29, 1.82) is 0 Å². The van der Waals surface area contributed by atoms with Crippen molar-refractivity contribution in [3.8, 4) is 22.9 Å². The van der Waals surface area contributed by atoms with E-state index in [0.29, 0.717) is 40.2 Å². The minimum atomic E-state index is -0.333. The van der Waals surface area contributed by atoms with Gasteiger partial charge >= 0.3 is 6.03 Å². The Hall–Kier alpha value is -4.99. The zero-order valence-electron chi connectivity index (χ0n) is 29.5. The molecule has 49 heavy (non-hydrogen) atoms. The Bertz CT molecular complexity index is 1770. The largest absolute Gasteiger partial charge is 0.496 e. The standard InChI is InChI=1S/C39H47N5O5/c1-24-8-14-28(15-9-24)44-35(23-34(42-44)39(2,3)4)41-38(46)40-27-12-10-25(11-13-27)18-26-19-29-16-17-30(20-26)43(29)37(45)36-32(48-6)21-31(47-5)22-33(36)49-7/h8-15,21-23,26,29-30H,16-20H2,1-7H3,(H2,40,41,46). The van der Waals surface area contributed by atoms with Crippen molar-refractivity contribution >= 4 is 23.4 Å². The topological polar surface area (TPSA) is 107 Å². The van der Waals surface area contributed by atoms with E-state index in [1.807, 2.05) is 49.4 Å². The Morgan fingerprint density at radius 2 is 1.45 bits per heavy atom. The van der Waals surface area contributed by atoms with Crippen molar-refractivity contribution in [2.24, 2.45) is 5.92 Å². The summed E-state index contributed by atoms with van der Waals surface area (Å²) < 4.78 is 18.3. The van der Waals surface area contributed by atoms with Crippen LogP contribution in [0.2, 0.25) is 0 Å². The van der Waals surface area contributed by atoms with Crippen molar-refractivity contribution in [3.05, 3.63) is 89.1 Å². The number of ether oxygens (including phenoxy) is 3. The van der Waals surface area contributed by atoms with Crippen LogP contribution in [0, 0.1) is 12.8 Å². The maximum absolute atomic E-state index is 14.0. The lowest BCUT2D eigenvalue weighted by Crippen LogP contribution is -2.47. The number of carbonyl (C=O) groups is 2. The van der Waals surface area contributed by atoms with Crippen molar-refractivity contribution in [2.75, 3.05) is 32.0 Å². The molecule has 4 aromatic rings. The van der Waals surface area contributed by atoms with Gasteiger partial charge in [-0.3, -0.25) is 10.1 Å². The molecule has 3 heterocycles. The van der Waals surface area contributed by atoms with Gasteiger partial charge in [0.25, 0.3) is 5.91 Å². The molecule has 2 atom stereocenters. The molecule has 3 aromatic carbocycles. The molecule has 2 N–H and O–H groups in total. The summed E-state index contributed by atoms with van der Waals surface area (Å²) in [6.45, 7) is 8.35. The minimum Gasteiger partial charge on any atom is -0.496 e. The van der Waals surface area contributed by atoms with Gasteiger partial charge in [0, 0.05) is 41.4 Å². The van der Waals surface area contributed by atoms with Crippen LogP contribution in [-0.4, -0.2) is 60.0 Å². The summed E-state index contributed by atoms with van der Waals surface area (Å²) in [4.78, 5) is 29.2. The van der Waals surface area contributed by atoms with E-state index < -0.39 is 0 Å². The summed E-state index contributed by atoms with van der Waals surface area (Å²) in [5, 5.41) is 10.8. The van der Waals surface area contributed by atoms with E-state index in [0.717, 1.165) is 49.0 Å². The lowest BCUT2D eigenvalue weighted by Gasteiger charge is -2.39. The molecule has 2 unspecified atom stereocenters. The van der Waals surface area contributed by atoms with Crippen LogP contribution in [0.1, 0.15) is 73.6 Å². The fourth-order valence-corrected chi connectivity index (χ4v) is 7.19. The molecule has 10 nitrogen and oxygen atoms in total. The highest BCUT2D eigenvalue weighted by Crippen LogP contribution is 2.43. The zero-order chi connectivity index (χ0) is 34.9. The second-order valence-corrected chi connectivity index (χ2v) is 14.2. The van der Waals surface area contributed by atoms with Gasteiger partial charge in [0.05, 0.1) is 32.7 Å². The number of piperidine rings is 1. The number of nitrogens with zero attached hydrogens (tertiary/aromatic N) is 3. The molecule has 0 radical (unpaired) electrons. The number of urea groups is 1. The number of aromatic nitrogens is 2. The quantitative estimate of drug-likeness (QED) is 0.189. The molecule has 0 spiro atoms. The lowest BCUT2D eigenvalue weighted by molar-refractivity contribution is 0.0518. The summed E-state index contributed by atoms with van der Waals surface area (Å²) in [6, 6.07) is 21.5. The number of anilines is 2. The number of hydrogen-bond donors (Lipinski definition) is 2. The van der Waals surface area contributed by atoms with Crippen molar-refractivity contribution in [3.63, 3.8) is 0 Å². The number of benzene rings is 3. The molecule has 3 amide bonds. The van der Waals surface area contributed by atoms with Gasteiger partial charge in [-0.25, -0.2) is 9.48 Å². The van der Waals surface area contributed by atoms with E-state index >= 15 is 0 Å². The third-order valence-electron chi connectivity index (χ3n) is 9.73. The summed E-state index contributed by atoms with van der Waals surface area (Å²) >= 11 is 0. The van der Waals surface area contributed by atoms with Crippen LogP contribution >= 0.6 is 0 Å². The average Bonchev–Trinajstić information content (AvgIpc) is 3.63. The lowest BCUT2D eigenvalue weighted by atomic mass is 9.85. The second-order valence-electron chi connectivity index (χ2n) is 14.2. The van der Waals surface area contributed by atoms with E-state index in [2.05, 4.69) is 48.4 Å². The molecular weight excluding hydrogens is 618 g/mol. The molecule has 2 fully saturated rings. The molecular formula is C39H47N5O5. The number of nitrogens with one attached hydrogen (secondary N) is 2. The Labute approximate surface area is 288 Å². The van der Waals surface area contributed by atoms with Crippen molar-refractivity contribution < 1.29 is 23.8 Å². The number of amides is 3. The molecule has 2 bridgehead atoms. The molecule has 258 valence electrons. The van der Waals surface area contributed by atoms with Crippen molar-refractivity contribution in [2.45, 2.75) is 77.3 Å². The Morgan fingerprint density at radius 3 is 2.00 bits per heavy atom. The number of fused-ring (bicyclic) bond motifs is 2. The van der Waals surface area contributed by atoms with Crippen LogP contribution in [0.3, 0.4) is 0 Å². The SMILES string of the molecule is COc1cc(OC)c(C(=O)N2C3CCC2CC(Cc2ccc(NC(=O)Nc4cc(C(C)(C)C)nn4-c4ccc(C)cc4)cc2)C3)c(OC)c1. The highest BCUT2D eigenvalue weighted by Gasteiger charge is 2.44. The van der Waals surface area contributed by atoms with Crippen LogP contribution in [0.25, 0.3) is 5.69 Å². The fraction of sp³-hybridized carbons (Fsp3) is 0.410. The van der Waals surface area contributed by atoms with Gasteiger partial charge in [0.2, 0.25) is 0 Å². The van der Waals surface area contributed by atoms with Gasteiger partial charge in [-0.05, 0) is 74.8 Å². The summed E-state index contributed by atoms with van der Waals surface area (Å²) in [7, 11) is 4.70. The van der Waals surface area contributed by atoms with Crippen LogP contribution in [-0.2, 0) is 11.8 Å². The molecule has 0 saturated carbocycles. The minimum absolute atomic E-state index is 0.0486. The average molecular weight is 666 g/mol. The first kappa shape index (κ1) is 33.9. The molecule has 2 aliphatic heterocycles. The van der Waals surface area contributed by atoms with E-state index in [1.165, 1.54) is 5.56 Å². The number of rotatable bonds is 9. The van der Waals surface area contributed by atoms with Gasteiger partial charge in [0.1, 0.15) is 28.6 Å². The molecule has 6 rings (SSSR count). The summed E-state index contributed by atoms with van der Waals surface area (Å²) in [6.07, 6.45) is 4.78. The first-order valence-corrected chi connectivity index (χ1v) is 16.9. The van der Waals surface area contributed by atoms with Crippen LogP contribution in [0.4, 0.5) is 16.3 Å². The number of methoxy groups -OCH3 is 3. The normalized spacial score (nSPS) is 18.6. The first-order valence-electron chi connectivity index (χ1n) is 16.9. The number of hydrogen-bond acceptors (Lipinski definition) is 6. The maximum atomic E-state index is 14.0. The smallest absolute Gasteiger partial charge is 0.324 e. The highest BCUT2D eigenvalue weighted by molar-refractivity contribution is 6.01. The highest BCUT2D eigenvalue weighted by atomic mass is 16.5. The monoisotopic (exact) mass is 665 g/mol. The van der Waals surface area contributed by atoms with Gasteiger partial charge in [-0.15, -0.1) is 0 Å². The first-order chi connectivity index (χ1) is 23.5. The Balaban J connectivity index is 1.09. The van der Waals surface area contributed by atoms with E-state index in [1.54, 1.807) is 38.1 Å². The van der Waals surface area contributed by atoms with Crippen molar-refractivity contribution in [1.82, 2.24) is 14.7 Å². The molecule has 10 heteroatoms. The van der Waals surface area contributed by atoms with Crippen LogP contribution < -0.4 is 24.8 Å². The van der Waals surface area contributed by atoms with E-state index in [9.17, 15) is 9.59 Å². The molecule has 2 saturated heterocycles. The Kier molecular flexibility index (Phi) is 9.59. The second kappa shape index (κ2) is 13.9. The zero-order valence-corrected chi connectivity index (χ0v) is 29.5. The third-order valence-corrected chi connectivity index (χ3v) is 9.73. The Morgan fingerprint density at radius 1 is 0.837 bits per heavy atom. The molecule has 2 aliphatic rings. The predicted octanol–water partition coefficient (Wildman–Crippen LogP) is 7.77. The van der Waals surface area contributed by atoms with Gasteiger partial charge in [-0.2, -0.15) is 5.10 Å². The maximum Gasteiger partial charge on any atom is 0.324 e. The van der Waals surface area contributed by atoms with Crippen LogP contribution in [0.15, 0.2) is 66.7 Å². The van der Waals surface area contributed by atoms with Crippen LogP contribution in [0.5, 0.6) is 17.2 Å². The van der Waals surface area contributed by atoms with Gasteiger partial charge < -0.3 is 24.4 Å². The summed E-state index contributed by atoms with van der Waals surface area (Å²) in [5.74, 6) is 2.50. The molecule has 0 aliphatic carbocycles. The predicted molar refractivity (Wildman–Crippen MR) is 192 cm³/mol. The van der Waals surface area contributed by atoms with E-state index in [-0.39, 0.29) is 29.4 Å². The van der Waals surface area contributed by atoms with Gasteiger partial charge in [-0.1, -0.05) is 50.6 Å². The number of carbonyl (C=O) groups excluding carboxylic acids is 2. The third kappa shape index (κ3) is 7.23. The fourth-order valence-electron chi connectivity index (χ4n) is 7.19. The van der Waals surface area contributed by atoms with Gasteiger partial charge in [0.15, 0.2) is 0 Å². The molecule has 1 aromatic heterocycles. The summed E-state index contributed by atoms with van der Waals surface area (Å²) in [5.41, 5.74) is 5.11. The van der Waals surface area contributed by atoms with E-state index in [4.69, 9.17) is 19.3 Å². The number of aryl methyl sites for hydroxylation is 1.